The molecule has 1 aromatic carbocycles. The first-order valence-electron chi connectivity index (χ1n) is 7.37. The van der Waals surface area contributed by atoms with Crippen LogP contribution in [0.3, 0.4) is 0 Å². The fraction of sp³-hybridized carbons (Fsp3) is 0.294. The molecule has 116 valence electrons. The molecule has 0 saturated carbocycles. The molecule has 0 bridgehead atoms. The predicted octanol–water partition coefficient (Wildman–Crippen LogP) is 2.49. The number of pyridine rings is 1. The number of ether oxygens (including phenoxy) is 1. The van der Waals surface area contributed by atoms with Gasteiger partial charge in [-0.2, -0.15) is 0 Å². The Kier molecular flexibility index (Phi) is 6.39. The van der Waals surface area contributed by atoms with Gasteiger partial charge in [0.15, 0.2) is 0 Å². The summed E-state index contributed by atoms with van der Waals surface area (Å²) in [5, 5.41) is 5.90. The van der Waals surface area contributed by atoms with E-state index in [0.717, 1.165) is 24.3 Å². The van der Waals surface area contributed by atoms with E-state index in [1.807, 2.05) is 43.4 Å². The van der Waals surface area contributed by atoms with Crippen LogP contribution in [-0.4, -0.2) is 24.5 Å². The Morgan fingerprint density at radius 1 is 1.18 bits per heavy atom. The standard InChI is InChI=1S/C17H21N3O2/c1-18-11-5-8-16(21)19-12-14-9-10-17(20-13-14)22-15-6-3-2-4-7-15/h2-4,6-7,9-10,13,18H,5,8,11-12H2,1H3,(H,19,21). The number of benzene rings is 1. The average Bonchev–Trinajstić information content (AvgIpc) is 2.55. The van der Waals surface area contributed by atoms with E-state index in [1.54, 1.807) is 12.3 Å². The molecular formula is C17H21N3O2. The minimum absolute atomic E-state index is 0.0554. The molecule has 0 spiro atoms. The topological polar surface area (TPSA) is 63.2 Å². The number of carbonyl (C=O) groups excluding carboxylic acids is 1. The van der Waals surface area contributed by atoms with Crippen LogP contribution < -0.4 is 15.4 Å². The predicted molar refractivity (Wildman–Crippen MR) is 85.8 cm³/mol. The van der Waals surface area contributed by atoms with Crippen LogP contribution in [0.4, 0.5) is 0 Å². The number of aromatic nitrogens is 1. The lowest BCUT2D eigenvalue weighted by atomic mass is 10.2. The molecule has 0 saturated heterocycles. The summed E-state index contributed by atoms with van der Waals surface area (Å²) < 4.78 is 5.62. The van der Waals surface area contributed by atoms with Gasteiger partial charge >= 0.3 is 0 Å². The highest BCUT2D eigenvalue weighted by Crippen LogP contribution is 2.18. The SMILES string of the molecule is CNCCCC(=O)NCc1ccc(Oc2ccccc2)nc1. The highest BCUT2D eigenvalue weighted by Gasteiger charge is 2.02. The van der Waals surface area contributed by atoms with Crippen molar-refractivity contribution in [2.75, 3.05) is 13.6 Å². The van der Waals surface area contributed by atoms with E-state index in [4.69, 9.17) is 4.74 Å². The quantitative estimate of drug-likeness (QED) is 0.735. The molecule has 2 N–H and O–H groups in total. The second-order valence-electron chi connectivity index (χ2n) is 4.90. The molecule has 5 nitrogen and oxygen atoms in total. The third kappa shape index (κ3) is 5.54. The van der Waals surface area contributed by atoms with Gasteiger partial charge in [0.25, 0.3) is 0 Å². The van der Waals surface area contributed by atoms with Crippen molar-refractivity contribution in [3.05, 3.63) is 54.2 Å². The minimum Gasteiger partial charge on any atom is -0.439 e. The Balaban J connectivity index is 1.78. The number of hydrogen-bond acceptors (Lipinski definition) is 4. The smallest absolute Gasteiger partial charge is 0.220 e. The van der Waals surface area contributed by atoms with Gasteiger partial charge in [0.2, 0.25) is 11.8 Å². The zero-order valence-corrected chi connectivity index (χ0v) is 12.7. The van der Waals surface area contributed by atoms with Gasteiger partial charge in [-0.25, -0.2) is 4.98 Å². The Bertz CT molecular complexity index is 570. The molecule has 5 heteroatoms. The van der Waals surface area contributed by atoms with Crippen molar-refractivity contribution >= 4 is 5.91 Å². The molecule has 0 radical (unpaired) electrons. The fourth-order valence-electron chi connectivity index (χ4n) is 1.90. The Labute approximate surface area is 130 Å². The van der Waals surface area contributed by atoms with Crippen molar-refractivity contribution < 1.29 is 9.53 Å². The van der Waals surface area contributed by atoms with Crippen molar-refractivity contribution in [1.29, 1.82) is 0 Å². The van der Waals surface area contributed by atoms with Crippen LogP contribution in [-0.2, 0) is 11.3 Å². The summed E-state index contributed by atoms with van der Waals surface area (Å²) >= 11 is 0. The van der Waals surface area contributed by atoms with E-state index in [1.165, 1.54) is 0 Å². The van der Waals surface area contributed by atoms with E-state index in [2.05, 4.69) is 15.6 Å². The van der Waals surface area contributed by atoms with Gasteiger partial charge in [-0.3, -0.25) is 4.79 Å². The number of nitrogens with one attached hydrogen (secondary N) is 2. The third-order valence-electron chi connectivity index (χ3n) is 3.08. The first-order valence-corrected chi connectivity index (χ1v) is 7.37. The van der Waals surface area contributed by atoms with Crippen LogP contribution in [0.15, 0.2) is 48.7 Å². The fourth-order valence-corrected chi connectivity index (χ4v) is 1.90. The molecule has 22 heavy (non-hydrogen) atoms. The molecule has 1 amide bonds. The zero-order chi connectivity index (χ0) is 15.6. The molecule has 1 heterocycles. The van der Waals surface area contributed by atoms with E-state index in [0.29, 0.717) is 18.8 Å². The van der Waals surface area contributed by atoms with Gasteiger partial charge in [-0.15, -0.1) is 0 Å². The third-order valence-corrected chi connectivity index (χ3v) is 3.08. The summed E-state index contributed by atoms with van der Waals surface area (Å²) in [7, 11) is 1.88. The van der Waals surface area contributed by atoms with Crippen molar-refractivity contribution in [3.8, 4) is 11.6 Å². The van der Waals surface area contributed by atoms with E-state index in [-0.39, 0.29) is 5.91 Å². The maximum absolute atomic E-state index is 11.6. The molecule has 0 aliphatic heterocycles. The largest absolute Gasteiger partial charge is 0.439 e. The molecule has 1 aromatic heterocycles. The highest BCUT2D eigenvalue weighted by atomic mass is 16.5. The lowest BCUT2D eigenvalue weighted by Gasteiger charge is -2.07. The maximum atomic E-state index is 11.6. The summed E-state index contributed by atoms with van der Waals surface area (Å²) in [5.41, 5.74) is 0.947. The first kappa shape index (κ1) is 16.0. The van der Waals surface area contributed by atoms with E-state index < -0.39 is 0 Å². The second kappa shape index (κ2) is 8.79. The molecule has 0 aliphatic rings. The van der Waals surface area contributed by atoms with Gasteiger partial charge in [0.1, 0.15) is 5.75 Å². The summed E-state index contributed by atoms with van der Waals surface area (Å²) in [6.45, 7) is 1.33. The van der Waals surface area contributed by atoms with Crippen LogP contribution in [0, 0.1) is 0 Å². The summed E-state index contributed by atoms with van der Waals surface area (Å²) in [6.07, 6.45) is 3.08. The van der Waals surface area contributed by atoms with Gasteiger partial charge in [-0.1, -0.05) is 24.3 Å². The number of amides is 1. The van der Waals surface area contributed by atoms with Gasteiger partial charge in [0, 0.05) is 25.2 Å². The van der Waals surface area contributed by atoms with Gasteiger partial charge in [0.05, 0.1) is 0 Å². The summed E-state index contributed by atoms with van der Waals surface area (Å²) in [5.74, 6) is 1.34. The number of nitrogens with zero attached hydrogens (tertiary/aromatic N) is 1. The van der Waals surface area contributed by atoms with Crippen LogP contribution in [0.1, 0.15) is 18.4 Å². The molecule has 0 aliphatic carbocycles. The number of carbonyl (C=O) groups is 1. The minimum atomic E-state index is 0.0554. The first-order chi connectivity index (χ1) is 10.8. The Morgan fingerprint density at radius 2 is 2.00 bits per heavy atom. The lowest BCUT2D eigenvalue weighted by Crippen LogP contribution is -2.23. The monoisotopic (exact) mass is 299 g/mol. The molecule has 2 aromatic rings. The number of para-hydroxylation sites is 1. The number of rotatable bonds is 8. The van der Waals surface area contributed by atoms with Crippen LogP contribution in [0.2, 0.25) is 0 Å². The zero-order valence-electron chi connectivity index (χ0n) is 12.7. The normalized spacial score (nSPS) is 10.2. The maximum Gasteiger partial charge on any atom is 0.220 e. The van der Waals surface area contributed by atoms with Crippen molar-refractivity contribution in [2.45, 2.75) is 19.4 Å². The molecular weight excluding hydrogens is 278 g/mol. The van der Waals surface area contributed by atoms with E-state index in [9.17, 15) is 4.79 Å². The van der Waals surface area contributed by atoms with Gasteiger partial charge < -0.3 is 15.4 Å². The molecule has 0 unspecified atom stereocenters. The average molecular weight is 299 g/mol. The molecule has 2 rings (SSSR count). The van der Waals surface area contributed by atoms with Crippen molar-refractivity contribution in [3.63, 3.8) is 0 Å². The summed E-state index contributed by atoms with van der Waals surface area (Å²) in [6, 6.07) is 13.2. The Hall–Kier alpha value is -2.40. The van der Waals surface area contributed by atoms with E-state index >= 15 is 0 Å². The lowest BCUT2D eigenvalue weighted by molar-refractivity contribution is -0.121. The molecule has 0 fully saturated rings. The highest BCUT2D eigenvalue weighted by molar-refractivity contribution is 5.75. The van der Waals surface area contributed by atoms with Crippen LogP contribution in [0.5, 0.6) is 11.6 Å². The van der Waals surface area contributed by atoms with Crippen LogP contribution in [0.25, 0.3) is 0 Å². The Morgan fingerprint density at radius 3 is 2.68 bits per heavy atom. The summed E-state index contributed by atoms with van der Waals surface area (Å²) in [4.78, 5) is 15.9. The van der Waals surface area contributed by atoms with Crippen molar-refractivity contribution in [1.82, 2.24) is 15.6 Å². The molecule has 0 atom stereocenters. The van der Waals surface area contributed by atoms with Crippen LogP contribution >= 0.6 is 0 Å². The second-order valence-corrected chi connectivity index (χ2v) is 4.90. The number of hydrogen-bond donors (Lipinski definition) is 2. The van der Waals surface area contributed by atoms with Gasteiger partial charge in [-0.05, 0) is 37.7 Å². The van der Waals surface area contributed by atoms with Crippen molar-refractivity contribution in [2.24, 2.45) is 0 Å².